The SMILES string of the molecule is CCCN1CCCCC1C(=O)NC(C)c1ccc(OC(F)(F)F)cc1. The molecule has 7 heteroatoms. The van der Waals surface area contributed by atoms with Gasteiger partial charge in [-0.2, -0.15) is 0 Å². The fourth-order valence-corrected chi connectivity index (χ4v) is 3.19. The fourth-order valence-electron chi connectivity index (χ4n) is 3.19. The number of carbonyl (C=O) groups excluding carboxylic acids is 1. The molecule has 140 valence electrons. The Bertz CT molecular complexity index is 558. The van der Waals surface area contributed by atoms with E-state index in [9.17, 15) is 18.0 Å². The average Bonchev–Trinajstić information content (AvgIpc) is 2.54. The minimum absolute atomic E-state index is 0.0173. The zero-order valence-electron chi connectivity index (χ0n) is 14.6. The summed E-state index contributed by atoms with van der Waals surface area (Å²) in [4.78, 5) is 14.8. The van der Waals surface area contributed by atoms with Gasteiger partial charge < -0.3 is 10.1 Å². The van der Waals surface area contributed by atoms with Crippen molar-refractivity contribution in [2.45, 2.75) is 58.0 Å². The summed E-state index contributed by atoms with van der Waals surface area (Å²) in [5.74, 6) is -0.285. The Morgan fingerprint density at radius 2 is 2.00 bits per heavy atom. The molecule has 1 fully saturated rings. The first-order valence-corrected chi connectivity index (χ1v) is 8.70. The van der Waals surface area contributed by atoms with Crippen LogP contribution in [0.15, 0.2) is 24.3 Å². The Balaban J connectivity index is 1.96. The van der Waals surface area contributed by atoms with Gasteiger partial charge in [-0.25, -0.2) is 0 Å². The van der Waals surface area contributed by atoms with E-state index in [4.69, 9.17) is 0 Å². The molecular formula is C18H25F3N2O2. The molecule has 1 N–H and O–H groups in total. The van der Waals surface area contributed by atoms with E-state index in [1.807, 2.05) is 6.92 Å². The molecule has 0 saturated carbocycles. The second kappa shape index (κ2) is 8.56. The highest BCUT2D eigenvalue weighted by Gasteiger charge is 2.31. The maximum atomic E-state index is 12.6. The van der Waals surface area contributed by atoms with Crippen molar-refractivity contribution >= 4 is 5.91 Å². The maximum absolute atomic E-state index is 12.6. The van der Waals surface area contributed by atoms with Gasteiger partial charge >= 0.3 is 6.36 Å². The molecule has 1 amide bonds. The van der Waals surface area contributed by atoms with Gasteiger partial charge in [0.15, 0.2) is 0 Å². The van der Waals surface area contributed by atoms with Crippen LogP contribution in [0.3, 0.4) is 0 Å². The molecule has 0 bridgehead atoms. The topological polar surface area (TPSA) is 41.6 Å². The number of alkyl halides is 3. The standard InChI is InChI=1S/C18H25F3N2O2/c1-3-11-23-12-5-4-6-16(23)17(24)22-13(2)14-7-9-15(10-8-14)25-18(19,20)21/h7-10,13,16H,3-6,11-12H2,1-2H3,(H,22,24). The molecule has 1 saturated heterocycles. The summed E-state index contributed by atoms with van der Waals surface area (Å²) in [6.07, 6.45) is -0.710. The Labute approximate surface area is 146 Å². The number of hydrogen-bond donors (Lipinski definition) is 1. The molecule has 1 aliphatic heterocycles. The lowest BCUT2D eigenvalue weighted by Gasteiger charge is -2.35. The number of amides is 1. The molecule has 4 nitrogen and oxygen atoms in total. The molecule has 25 heavy (non-hydrogen) atoms. The zero-order chi connectivity index (χ0) is 18.4. The number of likely N-dealkylation sites (tertiary alicyclic amines) is 1. The molecule has 1 heterocycles. The monoisotopic (exact) mass is 358 g/mol. The number of piperidine rings is 1. The predicted molar refractivity (Wildman–Crippen MR) is 89.2 cm³/mol. The highest BCUT2D eigenvalue weighted by atomic mass is 19.4. The molecule has 0 aliphatic carbocycles. The van der Waals surface area contributed by atoms with Crippen molar-refractivity contribution in [1.82, 2.24) is 10.2 Å². The van der Waals surface area contributed by atoms with E-state index in [-0.39, 0.29) is 23.7 Å². The summed E-state index contributed by atoms with van der Waals surface area (Å²) < 4.78 is 40.4. The van der Waals surface area contributed by atoms with E-state index in [2.05, 4.69) is 21.9 Å². The number of carbonyl (C=O) groups is 1. The summed E-state index contributed by atoms with van der Waals surface area (Å²) in [7, 11) is 0. The van der Waals surface area contributed by atoms with Crippen LogP contribution >= 0.6 is 0 Å². The molecule has 1 aromatic rings. The zero-order valence-corrected chi connectivity index (χ0v) is 14.6. The van der Waals surface area contributed by atoms with Gasteiger partial charge in [0.05, 0.1) is 12.1 Å². The molecule has 0 spiro atoms. The third kappa shape index (κ3) is 5.92. The van der Waals surface area contributed by atoms with Gasteiger partial charge in [-0.3, -0.25) is 9.69 Å². The molecule has 1 aromatic carbocycles. The van der Waals surface area contributed by atoms with E-state index in [1.165, 1.54) is 24.3 Å². The van der Waals surface area contributed by atoms with Gasteiger partial charge in [-0.1, -0.05) is 25.5 Å². The molecule has 2 unspecified atom stereocenters. The number of nitrogens with one attached hydrogen (secondary N) is 1. The lowest BCUT2D eigenvalue weighted by Crippen LogP contribution is -2.50. The lowest BCUT2D eigenvalue weighted by molar-refractivity contribution is -0.274. The third-order valence-corrected chi connectivity index (χ3v) is 4.40. The Morgan fingerprint density at radius 3 is 2.60 bits per heavy atom. The van der Waals surface area contributed by atoms with E-state index in [0.29, 0.717) is 0 Å². The van der Waals surface area contributed by atoms with E-state index < -0.39 is 6.36 Å². The summed E-state index contributed by atoms with van der Waals surface area (Å²) in [6.45, 7) is 5.75. The Hall–Kier alpha value is -1.76. The van der Waals surface area contributed by atoms with Crippen LogP contribution in [-0.4, -0.2) is 36.3 Å². The van der Waals surface area contributed by atoms with Gasteiger partial charge in [0, 0.05) is 0 Å². The molecule has 0 aromatic heterocycles. The van der Waals surface area contributed by atoms with Crippen LogP contribution in [0.2, 0.25) is 0 Å². The normalized spacial score (nSPS) is 20.1. The number of hydrogen-bond acceptors (Lipinski definition) is 3. The maximum Gasteiger partial charge on any atom is 0.573 e. The summed E-state index contributed by atoms with van der Waals surface area (Å²) in [5.41, 5.74) is 0.737. The van der Waals surface area contributed by atoms with Crippen molar-refractivity contribution in [1.29, 1.82) is 0 Å². The molecule has 2 rings (SSSR count). The van der Waals surface area contributed by atoms with Gasteiger partial charge in [-0.05, 0) is 57.0 Å². The number of halogens is 3. The third-order valence-electron chi connectivity index (χ3n) is 4.40. The van der Waals surface area contributed by atoms with Crippen LogP contribution < -0.4 is 10.1 Å². The predicted octanol–water partition coefficient (Wildman–Crippen LogP) is 4.03. The fraction of sp³-hybridized carbons (Fsp3) is 0.611. The smallest absolute Gasteiger partial charge is 0.406 e. The number of ether oxygens (including phenoxy) is 1. The number of rotatable bonds is 6. The van der Waals surface area contributed by atoms with Gasteiger partial charge in [0.1, 0.15) is 5.75 Å². The summed E-state index contributed by atoms with van der Waals surface area (Å²) >= 11 is 0. The molecular weight excluding hydrogens is 333 g/mol. The molecule has 1 aliphatic rings. The number of benzene rings is 1. The van der Waals surface area contributed by atoms with Crippen molar-refractivity contribution in [3.63, 3.8) is 0 Å². The van der Waals surface area contributed by atoms with Crippen LogP contribution in [0.5, 0.6) is 5.75 Å². The highest BCUT2D eigenvalue weighted by molar-refractivity contribution is 5.82. The van der Waals surface area contributed by atoms with Crippen molar-refractivity contribution in [2.24, 2.45) is 0 Å². The van der Waals surface area contributed by atoms with Crippen LogP contribution in [0.1, 0.15) is 51.1 Å². The molecule has 0 radical (unpaired) electrons. The van der Waals surface area contributed by atoms with Crippen LogP contribution in [-0.2, 0) is 4.79 Å². The first kappa shape index (κ1) is 19.6. The first-order chi connectivity index (χ1) is 11.8. The Kier molecular flexibility index (Phi) is 6.70. The van der Waals surface area contributed by atoms with Crippen molar-refractivity contribution in [2.75, 3.05) is 13.1 Å². The summed E-state index contributed by atoms with van der Waals surface area (Å²) in [6, 6.07) is 5.19. The van der Waals surface area contributed by atoms with Crippen LogP contribution in [0.25, 0.3) is 0 Å². The van der Waals surface area contributed by atoms with Crippen molar-refractivity contribution in [3.05, 3.63) is 29.8 Å². The van der Waals surface area contributed by atoms with Gasteiger partial charge in [-0.15, -0.1) is 13.2 Å². The molecule has 2 atom stereocenters. The Morgan fingerprint density at radius 1 is 1.32 bits per heavy atom. The van der Waals surface area contributed by atoms with Crippen LogP contribution in [0, 0.1) is 0 Å². The average molecular weight is 358 g/mol. The van der Waals surface area contributed by atoms with Crippen molar-refractivity contribution < 1.29 is 22.7 Å². The van der Waals surface area contributed by atoms with Crippen LogP contribution in [0.4, 0.5) is 13.2 Å². The van der Waals surface area contributed by atoms with Gasteiger partial charge in [0.25, 0.3) is 0 Å². The first-order valence-electron chi connectivity index (χ1n) is 8.70. The largest absolute Gasteiger partial charge is 0.573 e. The second-order valence-corrected chi connectivity index (χ2v) is 6.39. The minimum atomic E-state index is -4.70. The van der Waals surface area contributed by atoms with E-state index in [1.54, 1.807) is 0 Å². The summed E-state index contributed by atoms with van der Waals surface area (Å²) in [5, 5.41) is 2.98. The lowest BCUT2D eigenvalue weighted by atomic mass is 10.00. The van der Waals surface area contributed by atoms with E-state index >= 15 is 0 Å². The highest BCUT2D eigenvalue weighted by Crippen LogP contribution is 2.25. The number of nitrogens with zero attached hydrogens (tertiary/aromatic N) is 1. The van der Waals surface area contributed by atoms with Crippen molar-refractivity contribution in [3.8, 4) is 5.75 Å². The second-order valence-electron chi connectivity index (χ2n) is 6.39. The van der Waals surface area contributed by atoms with Gasteiger partial charge in [0.2, 0.25) is 5.91 Å². The quantitative estimate of drug-likeness (QED) is 0.835. The van der Waals surface area contributed by atoms with E-state index in [0.717, 1.165) is 44.3 Å². The minimum Gasteiger partial charge on any atom is -0.406 e.